The number of hydrogen-bond acceptors (Lipinski definition) is 2. The van der Waals surface area contributed by atoms with E-state index in [1.165, 1.54) is 0 Å². The molecule has 0 saturated carbocycles. The third-order valence-electron chi connectivity index (χ3n) is 0.916. The largest absolute Gasteiger partial charge is 0.415 e. The van der Waals surface area contributed by atoms with Gasteiger partial charge in [0, 0.05) is 6.61 Å². The molecule has 0 bridgehead atoms. The quantitative estimate of drug-likeness (QED) is 0.577. The average Bonchev–Trinajstić information content (AvgIpc) is 1.67. The molecule has 0 aromatic carbocycles. The van der Waals surface area contributed by atoms with Crippen molar-refractivity contribution < 1.29 is 9.53 Å². The van der Waals surface area contributed by atoms with Crippen LogP contribution in [0.5, 0.6) is 0 Å². The van der Waals surface area contributed by atoms with Crippen molar-refractivity contribution in [3.63, 3.8) is 0 Å². The van der Waals surface area contributed by atoms with Gasteiger partial charge in [0.1, 0.15) is 0 Å². The average molecular weight is 134 g/mol. The normalized spacial score (nSPS) is 12.0. The molecule has 0 saturated heterocycles. The van der Waals surface area contributed by atoms with Gasteiger partial charge >= 0.3 is 0 Å². The Morgan fingerprint density at radius 3 is 2.12 bits per heavy atom. The lowest BCUT2D eigenvalue weighted by atomic mass is 10.9. The van der Waals surface area contributed by atoms with Crippen molar-refractivity contribution in [3.05, 3.63) is 0 Å². The van der Waals surface area contributed by atoms with Gasteiger partial charge in [0.15, 0.2) is 0 Å². The highest BCUT2D eigenvalue weighted by Crippen LogP contribution is 2.00. The van der Waals surface area contributed by atoms with Gasteiger partial charge in [-0.05, 0) is 20.0 Å². The van der Waals surface area contributed by atoms with Crippen molar-refractivity contribution in [3.8, 4) is 0 Å². The fourth-order valence-corrected chi connectivity index (χ4v) is 1.31. The Morgan fingerprint density at radius 1 is 1.50 bits per heavy atom. The van der Waals surface area contributed by atoms with Gasteiger partial charge in [-0.2, -0.15) is 0 Å². The first kappa shape index (κ1) is 8.14. The highest BCUT2D eigenvalue weighted by Gasteiger charge is 2.19. The number of hydrogen-bond donors (Lipinski definition) is 1. The van der Waals surface area contributed by atoms with Crippen LogP contribution in [0.1, 0.15) is 6.92 Å². The summed E-state index contributed by atoms with van der Waals surface area (Å²) in [4.78, 5) is 0. The summed E-state index contributed by atoms with van der Waals surface area (Å²) in [7, 11) is -1.62. The van der Waals surface area contributed by atoms with Crippen LogP contribution in [0.25, 0.3) is 0 Å². The van der Waals surface area contributed by atoms with Gasteiger partial charge in [-0.25, -0.2) is 0 Å². The lowest BCUT2D eigenvalue weighted by molar-refractivity contribution is 0.274. The summed E-state index contributed by atoms with van der Waals surface area (Å²) in [6, 6.07) is 0. The van der Waals surface area contributed by atoms with E-state index in [1.807, 2.05) is 20.0 Å². The Morgan fingerprint density at radius 2 is 2.00 bits per heavy atom. The van der Waals surface area contributed by atoms with E-state index in [1.54, 1.807) is 0 Å². The summed E-state index contributed by atoms with van der Waals surface area (Å²) >= 11 is 0. The summed E-state index contributed by atoms with van der Waals surface area (Å²) in [6.45, 7) is 6.66. The molecule has 8 heavy (non-hydrogen) atoms. The molecular formula is C5H14O2Si. The van der Waals surface area contributed by atoms with Crippen molar-refractivity contribution in [2.45, 2.75) is 20.0 Å². The van der Waals surface area contributed by atoms with E-state index in [4.69, 9.17) is 9.53 Å². The first-order valence-corrected chi connectivity index (χ1v) is 5.99. The molecule has 0 atom stereocenters. The van der Waals surface area contributed by atoms with Crippen LogP contribution < -0.4 is 0 Å². The number of aliphatic hydroxyl groups excluding tert-OH is 1. The molecule has 0 radical (unpaired) electrons. The van der Waals surface area contributed by atoms with E-state index in [-0.39, 0.29) is 6.23 Å². The van der Waals surface area contributed by atoms with Crippen LogP contribution in [-0.2, 0) is 4.43 Å². The topological polar surface area (TPSA) is 29.5 Å². The van der Waals surface area contributed by atoms with E-state index < -0.39 is 8.32 Å². The molecule has 0 heterocycles. The Hall–Kier alpha value is 0.137. The summed E-state index contributed by atoms with van der Waals surface area (Å²) in [5, 5.41) is 8.66. The molecule has 0 aliphatic carbocycles. The van der Waals surface area contributed by atoms with Crippen molar-refractivity contribution in [1.82, 2.24) is 0 Å². The van der Waals surface area contributed by atoms with Gasteiger partial charge in [-0.1, -0.05) is 0 Å². The smallest absolute Gasteiger partial charge is 0.211 e. The highest BCUT2D eigenvalue weighted by atomic mass is 28.4. The highest BCUT2D eigenvalue weighted by molar-refractivity contribution is 6.70. The van der Waals surface area contributed by atoms with E-state index in [0.717, 1.165) is 6.61 Å². The van der Waals surface area contributed by atoms with Crippen LogP contribution in [0.2, 0.25) is 13.1 Å². The zero-order valence-corrected chi connectivity index (χ0v) is 6.77. The lowest BCUT2D eigenvalue weighted by Gasteiger charge is -2.17. The molecule has 0 unspecified atom stereocenters. The first-order chi connectivity index (χ1) is 3.62. The standard InChI is InChI=1S/C5H14O2Si/c1-4-7-8(2,3)5-6/h6H,4-5H2,1-3H3. The van der Waals surface area contributed by atoms with Crippen LogP contribution in [0.15, 0.2) is 0 Å². The Bertz CT molecular complexity index is 63.4. The van der Waals surface area contributed by atoms with E-state index in [0.29, 0.717) is 0 Å². The van der Waals surface area contributed by atoms with Gasteiger partial charge in [0.05, 0.1) is 6.23 Å². The predicted molar refractivity (Wildman–Crippen MR) is 36.2 cm³/mol. The summed E-state index contributed by atoms with van der Waals surface area (Å²) in [6.07, 6.45) is 0.223. The predicted octanol–water partition coefficient (Wildman–Crippen LogP) is 0.760. The van der Waals surface area contributed by atoms with E-state index in [9.17, 15) is 0 Å². The maximum atomic E-state index is 8.66. The molecular weight excluding hydrogens is 120 g/mol. The monoisotopic (exact) mass is 134 g/mol. The SMILES string of the molecule is CCO[Si](C)(C)CO. The molecule has 0 spiro atoms. The van der Waals surface area contributed by atoms with Crippen LogP contribution >= 0.6 is 0 Å². The minimum Gasteiger partial charge on any atom is -0.415 e. The van der Waals surface area contributed by atoms with E-state index in [2.05, 4.69) is 0 Å². The maximum Gasteiger partial charge on any atom is 0.211 e. The number of aliphatic hydroxyl groups is 1. The lowest BCUT2D eigenvalue weighted by Crippen LogP contribution is -2.35. The number of rotatable bonds is 3. The molecule has 3 heteroatoms. The van der Waals surface area contributed by atoms with Gasteiger partial charge in [0.2, 0.25) is 8.32 Å². The molecule has 2 nitrogen and oxygen atoms in total. The van der Waals surface area contributed by atoms with Crippen molar-refractivity contribution in [2.75, 3.05) is 12.8 Å². The van der Waals surface area contributed by atoms with Gasteiger partial charge < -0.3 is 9.53 Å². The maximum absolute atomic E-state index is 8.66. The fourth-order valence-electron chi connectivity index (χ4n) is 0.436. The molecule has 0 aromatic heterocycles. The summed E-state index contributed by atoms with van der Waals surface area (Å²) in [5.41, 5.74) is 0. The molecule has 0 fully saturated rings. The van der Waals surface area contributed by atoms with Gasteiger partial charge in [0.25, 0.3) is 0 Å². The zero-order chi connectivity index (χ0) is 6.62. The third kappa shape index (κ3) is 3.18. The molecule has 0 amide bonds. The minimum absolute atomic E-state index is 0.223. The Labute approximate surface area is 51.6 Å². The van der Waals surface area contributed by atoms with Gasteiger partial charge in [-0.15, -0.1) is 0 Å². The second kappa shape index (κ2) is 3.22. The molecule has 1 N–H and O–H groups in total. The first-order valence-electron chi connectivity index (χ1n) is 2.87. The molecule has 0 aliphatic rings. The van der Waals surface area contributed by atoms with Crippen LogP contribution in [0, 0.1) is 0 Å². The molecule has 0 rings (SSSR count). The second-order valence-electron chi connectivity index (χ2n) is 2.35. The summed E-state index contributed by atoms with van der Waals surface area (Å²) in [5.74, 6) is 0. The van der Waals surface area contributed by atoms with Crippen LogP contribution in [-0.4, -0.2) is 26.3 Å². The van der Waals surface area contributed by atoms with E-state index >= 15 is 0 Å². The fraction of sp³-hybridized carbons (Fsp3) is 1.00. The van der Waals surface area contributed by atoms with Crippen molar-refractivity contribution in [2.24, 2.45) is 0 Å². The van der Waals surface area contributed by atoms with Crippen LogP contribution in [0.3, 0.4) is 0 Å². The van der Waals surface area contributed by atoms with Crippen molar-refractivity contribution in [1.29, 1.82) is 0 Å². The zero-order valence-electron chi connectivity index (χ0n) is 5.77. The Kier molecular flexibility index (Phi) is 3.27. The molecule has 0 aromatic rings. The van der Waals surface area contributed by atoms with Crippen molar-refractivity contribution >= 4 is 8.32 Å². The minimum atomic E-state index is -1.62. The van der Waals surface area contributed by atoms with Gasteiger partial charge in [-0.3, -0.25) is 0 Å². The molecule has 0 aliphatic heterocycles. The van der Waals surface area contributed by atoms with Crippen LogP contribution in [0.4, 0.5) is 0 Å². The molecule has 50 valence electrons. The Balaban J connectivity index is 3.37. The second-order valence-corrected chi connectivity index (χ2v) is 6.48. The third-order valence-corrected chi connectivity index (χ3v) is 2.75. The summed E-state index contributed by atoms with van der Waals surface area (Å²) < 4.78 is 5.27.